The maximum Gasteiger partial charge on any atom is 0.256 e. The molecular formula is C15H24N4O2. The molecule has 0 bridgehead atoms. The highest BCUT2D eigenvalue weighted by atomic mass is 16.5. The zero-order valence-electron chi connectivity index (χ0n) is 12.9. The number of piperazine rings is 1. The second-order valence-electron chi connectivity index (χ2n) is 5.16. The van der Waals surface area contributed by atoms with Gasteiger partial charge in [-0.25, -0.2) is 4.98 Å². The minimum Gasteiger partial charge on any atom is -0.378 e. The van der Waals surface area contributed by atoms with Gasteiger partial charge in [0.25, 0.3) is 5.56 Å². The van der Waals surface area contributed by atoms with E-state index in [2.05, 4.69) is 33.3 Å². The Morgan fingerprint density at radius 3 is 2.67 bits per heavy atom. The normalized spacial score (nSPS) is 16.2. The fourth-order valence-corrected chi connectivity index (χ4v) is 2.57. The van der Waals surface area contributed by atoms with Crippen molar-refractivity contribution in [2.24, 2.45) is 0 Å². The maximum absolute atomic E-state index is 12.3. The fourth-order valence-electron chi connectivity index (χ4n) is 2.57. The van der Waals surface area contributed by atoms with Crippen LogP contribution in [0.2, 0.25) is 0 Å². The Balaban J connectivity index is 2.24. The third kappa shape index (κ3) is 3.71. The average molecular weight is 292 g/mol. The molecule has 1 saturated heterocycles. The number of anilines is 1. The second kappa shape index (κ2) is 7.38. The molecule has 0 radical (unpaired) electrons. The summed E-state index contributed by atoms with van der Waals surface area (Å²) in [5, 5.41) is 0. The molecule has 0 spiro atoms. The number of methoxy groups -OCH3 is 1. The molecular weight excluding hydrogens is 268 g/mol. The lowest BCUT2D eigenvalue weighted by Gasteiger charge is -2.34. The molecule has 0 aliphatic carbocycles. The van der Waals surface area contributed by atoms with Gasteiger partial charge in [0, 0.05) is 38.9 Å². The lowest BCUT2D eigenvalue weighted by Crippen LogP contribution is -2.47. The Bertz CT molecular complexity index is 533. The van der Waals surface area contributed by atoms with E-state index in [1.807, 2.05) is 0 Å². The van der Waals surface area contributed by atoms with Gasteiger partial charge < -0.3 is 14.5 Å². The molecule has 0 unspecified atom stereocenters. The Hall–Kier alpha value is -1.66. The summed E-state index contributed by atoms with van der Waals surface area (Å²) in [5.41, 5.74) is 1.25. The van der Waals surface area contributed by atoms with Gasteiger partial charge in [-0.15, -0.1) is 6.58 Å². The first-order chi connectivity index (χ1) is 10.2. The van der Waals surface area contributed by atoms with Gasteiger partial charge in [-0.1, -0.05) is 13.0 Å². The Kier molecular flexibility index (Phi) is 5.52. The molecule has 1 aromatic rings. The van der Waals surface area contributed by atoms with E-state index in [9.17, 15) is 4.79 Å². The summed E-state index contributed by atoms with van der Waals surface area (Å²) in [5.74, 6) is 0.649. The number of H-pyrrole nitrogens is 1. The van der Waals surface area contributed by atoms with E-state index >= 15 is 0 Å². The minimum absolute atomic E-state index is 0.0927. The van der Waals surface area contributed by atoms with Crippen LogP contribution < -0.4 is 10.5 Å². The fraction of sp³-hybridized carbons (Fsp3) is 0.600. The molecule has 1 N–H and O–H groups in total. The summed E-state index contributed by atoms with van der Waals surface area (Å²) >= 11 is 0. The summed E-state index contributed by atoms with van der Waals surface area (Å²) < 4.78 is 5.17. The van der Waals surface area contributed by atoms with Crippen LogP contribution in [0.3, 0.4) is 0 Å². The highest BCUT2D eigenvalue weighted by molar-refractivity contribution is 5.34. The molecule has 6 nitrogen and oxygen atoms in total. The zero-order valence-corrected chi connectivity index (χ0v) is 12.9. The van der Waals surface area contributed by atoms with E-state index in [4.69, 9.17) is 4.74 Å². The van der Waals surface area contributed by atoms with E-state index in [0.717, 1.165) is 32.7 Å². The van der Waals surface area contributed by atoms with E-state index < -0.39 is 0 Å². The largest absolute Gasteiger partial charge is 0.378 e. The van der Waals surface area contributed by atoms with Crippen LogP contribution in [0.4, 0.5) is 5.95 Å². The summed E-state index contributed by atoms with van der Waals surface area (Å²) in [6.45, 7) is 11.0. The van der Waals surface area contributed by atoms with Gasteiger partial charge in [-0.2, -0.15) is 0 Å². The van der Waals surface area contributed by atoms with Crippen LogP contribution in [0.15, 0.2) is 17.4 Å². The Labute approximate surface area is 125 Å². The summed E-state index contributed by atoms with van der Waals surface area (Å²) in [7, 11) is 1.61. The lowest BCUT2D eigenvalue weighted by molar-refractivity contribution is 0.180. The van der Waals surface area contributed by atoms with Crippen LogP contribution in [0.25, 0.3) is 0 Å². The molecule has 21 heavy (non-hydrogen) atoms. The van der Waals surface area contributed by atoms with Crippen LogP contribution in [0.1, 0.15) is 18.2 Å². The number of hydrogen-bond acceptors (Lipinski definition) is 5. The molecule has 2 heterocycles. The van der Waals surface area contributed by atoms with Crippen molar-refractivity contribution in [3.8, 4) is 0 Å². The van der Waals surface area contributed by atoms with Crippen molar-refractivity contribution < 1.29 is 4.74 Å². The van der Waals surface area contributed by atoms with Crippen LogP contribution >= 0.6 is 0 Å². The Morgan fingerprint density at radius 2 is 2.10 bits per heavy atom. The van der Waals surface area contributed by atoms with Crippen LogP contribution in [0.5, 0.6) is 0 Å². The van der Waals surface area contributed by atoms with Crippen molar-refractivity contribution in [3.63, 3.8) is 0 Å². The van der Waals surface area contributed by atoms with Gasteiger partial charge in [0.05, 0.1) is 12.3 Å². The van der Waals surface area contributed by atoms with E-state index in [-0.39, 0.29) is 5.56 Å². The summed E-state index contributed by atoms with van der Waals surface area (Å²) in [4.78, 5) is 24.3. The highest BCUT2D eigenvalue weighted by Gasteiger charge is 2.19. The van der Waals surface area contributed by atoms with Crippen LogP contribution in [0, 0.1) is 0 Å². The van der Waals surface area contributed by atoms with Crippen LogP contribution in [-0.4, -0.2) is 54.7 Å². The van der Waals surface area contributed by atoms with Gasteiger partial charge in [0.1, 0.15) is 0 Å². The summed E-state index contributed by atoms with van der Waals surface area (Å²) in [6.07, 6.45) is 2.22. The minimum atomic E-state index is -0.0927. The molecule has 0 saturated carbocycles. The first-order valence-corrected chi connectivity index (χ1v) is 7.38. The Morgan fingerprint density at radius 1 is 1.38 bits per heavy atom. The maximum atomic E-state index is 12.3. The van der Waals surface area contributed by atoms with E-state index in [1.165, 1.54) is 0 Å². The summed E-state index contributed by atoms with van der Waals surface area (Å²) in [6, 6.07) is 0. The molecule has 1 aliphatic rings. The number of aromatic nitrogens is 2. The smallest absolute Gasteiger partial charge is 0.256 e. The number of hydrogen-bond donors (Lipinski definition) is 1. The third-order valence-corrected chi connectivity index (χ3v) is 3.84. The van der Waals surface area contributed by atoms with Crippen molar-refractivity contribution in [2.45, 2.75) is 20.0 Å². The van der Waals surface area contributed by atoms with Crippen molar-refractivity contribution in [1.82, 2.24) is 14.9 Å². The third-order valence-electron chi connectivity index (χ3n) is 3.84. The number of nitrogens with one attached hydrogen (secondary N) is 1. The standard InChI is InChI=1S/C15H24N4O2/c1-4-6-12-13(11-21-3)16-15(17-14(12)20)19-9-7-18(5-2)8-10-19/h4H,1,5-11H2,2-3H3,(H,16,17,20). The number of rotatable bonds is 6. The van der Waals surface area contributed by atoms with E-state index in [1.54, 1.807) is 13.2 Å². The molecule has 1 aromatic heterocycles. The number of nitrogens with zero attached hydrogens (tertiary/aromatic N) is 3. The zero-order chi connectivity index (χ0) is 15.2. The van der Waals surface area contributed by atoms with Crippen molar-refractivity contribution >= 4 is 5.95 Å². The molecule has 2 rings (SSSR count). The SMILES string of the molecule is C=CCc1c(COC)nc(N2CCN(CC)CC2)[nH]c1=O. The first-order valence-electron chi connectivity index (χ1n) is 7.38. The van der Waals surface area contributed by atoms with Gasteiger partial charge in [0.15, 0.2) is 0 Å². The predicted molar refractivity (Wildman–Crippen MR) is 83.8 cm³/mol. The van der Waals surface area contributed by atoms with E-state index in [0.29, 0.717) is 30.2 Å². The molecule has 1 aliphatic heterocycles. The average Bonchev–Trinajstić information content (AvgIpc) is 2.51. The highest BCUT2D eigenvalue weighted by Crippen LogP contribution is 2.13. The lowest BCUT2D eigenvalue weighted by atomic mass is 10.1. The molecule has 0 aromatic carbocycles. The number of ether oxygens (including phenoxy) is 1. The molecule has 116 valence electrons. The number of likely N-dealkylation sites (N-methyl/N-ethyl adjacent to an activating group) is 1. The topological polar surface area (TPSA) is 61.5 Å². The van der Waals surface area contributed by atoms with Crippen molar-refractivity contribution in [1.29, 1.82) is 0 Å². The van der Waals surface area contributed by atoms with Crippen molar-refractivity contribution in [3.05, 3.63) is 34.3 Å². The van der Waals surface area contributed by atoms with Gasteiger partial charge in [0.2, 0.25) is 5.95 Å². The molecule has 6 heteroatoms. The second-order valence-corrected chi connectivity index (χ2v) is 5.16. The van der Waals surface area contributed by atoms with Crippen molar-refractivity contribution in [2.75, 3.05) is 44.7 Å². The first kappa shape index (κ1) is 15.7. The molecule has 0 atom stereocenters. The predicted octanol–water partition coefficient (Wildman–Crippen LogP) is 0.787. The van der Waals surface area contributed by atoms with Crippen LogP contribution in [-0.2, 0) is 17.8 Å². The molecule has 0 amide bonds. The number of aromatic amines is 1. The quantitative estimate of drug-likeness (QED) is 0.785. The van der Waals surface area contributed by atoms with Gasteiger partial charge in [-0.05, 0) is 13.0 Å². The van der Waals surface area contributed by atoms with Gasteiger partial charge >= 0.3 is 0 Å². The number of allylic oxidation sites excluding steroid dienone is 1. The monoisotopic (exact) mass is 292 g/mol. The van der Waals surface area contributed by atoms with Gasteiger partial charge in [-0.3, -0.25) is 9.78 Å². The molecule has 1 fully saturated rings.